The molecular weight excluding hydrogens is 485 g/mol. The summed E-state index contributed by atoms with van der Waals surface area (Å²) in [6.07, 6.45) is 3.14. The van der Waals surface area contributed by atoms with Gasteiger partial charge in [0.25, 0.3) is 5.91 Å². The molecule has 0 atom stereocenters. The number of amides is 1. The van der Waals surface area contributed by atoms with E-state index in [1.807, 2.05) is 42.5 Å². The molecular formula is C25H14Cl3NO2S. The van der Waals surface area contributed by atoms with Gasteiger partial charge in [0, 0.05) is 36.5 Å². The number of fused-ring (bicyclic) bond motifs is 2. The van der Waals surface area contributed by atoms with Crippen LogP contribution in [0.2, 0.25) is 15.1 Å². The smallest absolute Gasteiger partial charge is 0.255 e. The number of hydrogen-bond donors (Lipinski definition) is 0. The highest BCUT2D eigenvalue weighted by molar-refractivity contribution is 7.99. The summed E-state index contributed by atoms with van der Waals surface area (Å²) in [6, 6.07) is 22.2. The number of anilines is 2. The molecule has 0 N–H and O–H groups in total. The third-order valence-electron chi connectivity index (χ3n) is 4.87. The van der Waals surface area contributed by atoms with Crippen molar-refractivity contribution in [1.82, 2.24) is 0 Å². The van der Waals surface area contributed by atoms with Crippen LogP contribution in [0.4, 0.5) is 11.4 Å². The Balaban J connectivity index is 1.46. The zero-order valence-corrected chi connectivity index (χ0v) is 19.5. The third kappa shape index (κ3) is 4.19. The molecule has 0 unspecified atom stereocenters. The zero-order chi connectivity index (χ0) is 22.2. The highest BCUT2D eigenvalue weighted by Crippen LogP contribution is 2.48. The van der Waals surface area contributed by atoms with Crippen LogP contribution in [-0.4, -0.2) is 5.91 Å². The number of nitrogens with zero attached hydrogens (tertiary/aromatic N) is 1. The maximum Gasteiger partial charge on any atom is 0.255 e. The van der Waals surface area contributed by atoms with Crippen LogP contribution < -0.4 is 4.90 Å². The minimum Gasteiger partial charge on any atom is -0.457 e. The Morgan fingerprint density at radius 1 is 0.812 bits per heavy atom. The van der Waals surface area contributed by atoms with Crippen LogP contribution in [0.25, 0.3) is 17.4 Å². The van der Waals surface area contributed by atoms with Crippen LogP contribution in [0.5, 0.6) is 0 Å². The van der Waals surface area contributed by atoms with E-state index in [0.717, 1.165) is 26.7 Å². The molecule has 158 valence electrons. The van der Waals surface area contributed by atoms with Crippen molar-refractivity contribution >= 4 is 69.9 Å². The van der Waals surface area contributed by atoms with E-state index < -0.39 is 0 Å². The molecule has 0 aliphatic carbocycles. The summed E-state index contributed by atoms with van der Waals surface area (Å²) in [4.78, 5) is 16.9. The first-order chi connectivity index (χ1) is 15.5. The van der Waals surface area contributed by atoms with Gasteiger partial charge >= 0.3 is 0 Å². The molecule has 7 heteroatoms. The van der Waals surface area contributed by atoms with E-state index in [0.29, 0.717) is 26.6 Å². The van der Waals surface area contributed by atoms with E-state index in [9.17, 15) is 4.79 Å². The molecule has 0 radical (unpaired) electrons. The Morgan fingerprint density at radius 2 is 1.56 bits per heavy atom. The normalized spacial score (nSPS) is 12.7. The van der Waals surface area contributed by atoms with Gasteiger partial charge in [0.05, 0.1) is 11.4 Å². The Bertz CT molecular complexity index is 1360. The predicted molar refractivity (Wildman–Crippen MR) is 132 cm³/mol. The summed E-state index contributed by atoms with van der Waals surface area (Å²) in [6.45, 7) is 0. The molecule has 0 saturated carbocycles. The van der Waals surface area contributed by atoms with Crippen LogP contribution in [0.15, 0.2) is 93.1 Å². The molecule has 5 rings (SSSR count). The van der Waals surface area contributed by atoms with Crippen molar-refractivity contribution in [1.29, 1.82) is 0 Å². The highest BCUT2D eigenvalue weighted by Gasteiger charge is 2.27. The number of benzene rings is 3. The van der Waals surface area contributed by atoms with Crippen molar-refractivity contribution in [3.8, 4) is 11.3 Å². The fraction of sp³-hybridized carbons (Fsp3) is 0. The summed E-state index contributed by atoms with van der Waals surface area (Å²) in [5.74, 6) is 0.943. The molecule has 1 aliphatic rings. The van der Waals surface area contributed by atoms with Gasteiger partial charge in [0.15, 0.2) is 0 Å². The van der Waals surface area contributed by atoms with Crippen molar-refractivity contribution in [2.75, 3.05) is 4.90 Å². The first-order valence-electron chi connectivity index (χ1n) is 9.63. The van der Waals surface area contributed by atoms with Gasteiger partial charge in [-0.15, -0.1) is 0 Å². The quantitative estimate of drug-likeness (QED) is 0.265. The fourth-order valence-electron chi connectivity index (χ4n) is 3.49. The number of para-hydroxylation sites is 1. The monoisotopic (exact) mass is 497 g/mol. The van der Waals surface area contributed by atoms with E-state index in [-0.39, 0.29) is 5.91 Å². The van der Waals surface area contributed by atoms with E-state index in [2.05, 4.69) is 0 Å². The first-order valence-corrected chi connectivity index (χ1v) is 11.6. The average molecular weight is 499 g/mol. The summed E-state index contributed by atoms with van der Waals surface area (Å²) >= 11 is 20.0. The fourth-order valence-corrected chi connectivity index (χ4v) is 5.22. The number of furan rings is 1. The van der Waals surface area contributed by atoms with Gasteiger partial charge in [-0.05, 0) is 66.7 Å². The molecule has 0 bridgehead atoms. The Hall–Kier alpha value is -2.63. The van der Waals surface area contributed by atoms with Gasteiger partial charge in [-0.3, -0.25) is 9.69 Å². The van der Waals surface area contributed by atoms with Crippen molar-refractivity contribution in [3.63, 3.8) is 0 Å². The minimum atomic E-state index is -0.204. The molecule has 0 saturated heterocycles. The lowest BCUT2D eigenvalue weighted by Gasteiger charge is -2.30. The molecule has 3 aromatic carbocycles. The summed E-state index contributed by atoms with van der Waals surface area (Å²) in [5.41, 5.74) is 2.33. The largest absolute Gasteiger partial charge is 0.457 e. The van der Waals surface area contributed by atoms with Gasteiger partial charge in [0.2, 0.25) is 0 Å². The van der Waals surface area contributed by atoms with Crippen LogP contribution in [-0.2, 0) is 4.79 Å². The second-order valence-corrected chi connectivity index (χ2v) is 9.44. The number of carbonyl (C=O) groups excluding carboxylic acids is 1. The molecule has 32 heavy (non-hydrogen) atoms. The number of halogens is 3. The van der Waals surface area contributed by atoms with Crippen molar-refractivity contribution in [2.24, 2.45) is 0 Å². The molecule has 1 aliphatic heterocycles. The van der Waals surface area contributed by atoms with Gasteiger partial charge < -0.3 is 4.42 Å². The summed E-state index contributed by atoms with van der Waals surface area (Å²) in [7, 11) is 0. The molecule has 0 fully saturated rings. The molecule has 2 heterocycles. The van der Waals surface area contributed by atoms with Gasteiger partial charge in [-0.2, -0.15) is 0 Å². The van der Waals surface area contributed by atoms with Crippen LogP contribution in [0, 0.1) is 0 Å². The summed E-state index contributed by atoms with van der Waals surface area (Å²) in [5, 5.41) is 1.62. The molecule has 1 amide bonds. The lowest BCUT2D eigenvalue weighted by atomic mass is 10.2. The number of rotatable bonds is 3. The third-order valence-corrected chi connectivity index (χ3v) is 6.67. The predicted octanol–water partition coefficient (Wildman–Crippen LogP) is 8.75. The van der Waals surface area contributed by atoms with Gasteiger partial charge in [-0.1, -0.05) is 58.7 Å². The van der Waals surface area contributed by atoms with Crippen molar-refractivity contribution < 1.29 is 9.21 Å². The van der Waals surface area contributed by atoms with Crippen LogP contribution in [0.3, 0.4) is 0 Å². The maximum atomic E-state index is 13.3. The number of carbonyl (C=O) groups is 1. The number of hydrogen-bond acceptors (Lipinski definition) is 3. The lowest BCUT2D eigenvalue weighted by Crippen LogP contribution is -2.26. The topological polar surface area (TPSA) is 33.5 Å². The highest BCUT2D eigenvalue weighted by atomic mass is 35.5. The van der Waals surface area contributed by atoms with Crippen molar-refractivity contribution in [3.05, 3.63) is 99.7 Å². The standard InChI is InChI=1S/C25H14Cl3NO2S/c26-16-5-9-24-21(14-16)29(20-3-1-2-4-23(20)32-24)25(30)10-7-19-6-8-22(31-19)15-11-17(27)13-18(28)12-15/h1-14H/b10-7+. The van der Waals surface area contributed by atoms with E-state index >= 15 is 0 Å². The van der Waals surface area contributed by atoms with Gasteiger partial charge in [-0.25, -0.2) is 0 Å². The van der Waals surface area contributed by atoms with Crippen LogP contribution in [0.1, 0.15) is 5.76 Å². The molecule has 4 aromatic rings. The maximum absolute atomic E-state index is 13.3. The summed E-state index contributed by atoms with van der Waals surface area (Å²) < 4.78 is 5.88. The zero-order valence-electron chi connectivity index (χ0n) is 16.4. The Morgan fingerprint density at radius 3 is 2.38 bits per heavy atom. The molecule has 0 spiro atoms. The average Bonchev–Trinajstić information content (AvgIpc) is 3.24. The van der Waals surface area contributed by atoms with Crippen LogP contribution >= 0.6 is 46.6 Å². The second-order valence-electron chi connectivity index (χ2n) is 7.05. The minimum absolute atomic E-state index is 0.204. The van der Waals surface area contributed by atoms with E-state index in [1.165, 1.54) is 6.08 Å². The second kappa shape index (κ2) is 8.72. The first kappa shape index (κ1) is 21.2. The van der Waals surface area contributed by atoms with Crippen molar-refractivity contribution in [2.45, 2.75) is 9.79 Å². The van der Waals surface area contributed by atoms with E-state index in [1.54, 1.807) is 53.1 Å². The Labute approximate surface area is 204 Å². The lowest BCUT2D eigenvalue weighted by molar-refractivity contribution is -0.113. The Kier molecular flexibility index (Phi) is 5.78. The van der Waals surface area contributed by atoms with E-state index in [4.69, 9.17) is 39.2 Å². The SMILES string of the molecule is O=C(/C=C/c1ccc(-c2cc(Cl)cc(Cl)c2)o1)N1c2ccccc2Sc2ccc(Cl)cc21. The van der Waals surface area contributed by atoms with Gasteiger partial charge in [0.1, 0.15) is 11.5 Å². The molecule has 3 nitrogen and oxygen atoms in total. The molecule has 1 aromatic heterocycles.